The van der Waals surface area contributed by atoms with E-state index >= 15 is 0 Å². The van der Waals surface area contributed by atoms with Gasteiger partial charge in [0, 0.05) is 6.54 Å². The second-order valence-electron chi connectivity index (χ2n) is 4.34. The lowest BCUT2D eigenvalue weighted by Crippen LogP contribution is -2.26. The molecule has 7 heteroatoms. The van der Waals surface area contributed by atoms with Crippen molar-refractivity contribution in [3.63, 3.8) is 0 Å². The maximum absolute atomic E-state index is 11.9. The van der Waals surface area contributed by atoms with Gasteiger partial charge in [-0.3, -0.25) is 4.79 Å². The lowest BCUT2D eigenvalue weighted by molar-refractivity contribution is -0.136. The van der Waals surface area contributed by atoms with Gasteiger partial charge in [0.25, 0.3) is 0 Å². The Hall–Kier alpha value is -2.51. The molecule has 0 aliphatic rings. The highest BCUT2D eigenvalue weighted by Gasteiger charge is 2.24. The van der Waals surface area contributed by atoms with Crippen molar-refractivity contribution in [2.45, 2.75) is 20.3 Å². The van der Waals surface area contributed by atoms with Crippen molar-refractivity contribution in [1.29, 1.82) is 5.26 Å². The largest absolute Gasteiger partial charge is 0.481 e. The number of ether oxygens (including phenoxy) is 1. The van der Waals surface area contributed by atoms with Crippen LogP contribution in [-0.2, 0) is 9.53 Å². The Kier molecular flexibility index (Phi) is 6.43. The lowest BCUT2D eigenvalue weighted by Gasteiger charge is -2.20. The second-order valence-corrected chi connectivity index (χ2v) is 5.34. The number of carbonyl (C=O) groups is 2. The summed E-state index contributed by atoms with van der Waals surface area (Å²) >= 11 is 1.10. The molecule has 1 rings (SSSR count). The number of rotatable bonds is 7. The van der Waals surface area contributed by atoms with Gasteiger partial charge in [0.15, 0.2) is 0 Å². The summed E-state index contributed by atoms with van der Waals surface area (Å²) in [5, 5.41) is 18.6. The maximum atomic E-state index is 11.9. The molecule has 0 spiro atoms. The predicted molar refractivity (Wildman–Crippen MR) is 83.0 cm³/mol. The molecule has 0 unspecified atom stereocenters. The Morgan fingerprint density at radius 1 is 1.50 bits per heavy atom. The summed E-state index contributed by atoms with van der Waals surface area (Å²) in [7, 11) is 0. The highest BCUT2D eigenvalue weighted by atomic mass is 32.1. The number of nitrogens with zero attached hydrogens (tertiary/aromatic N) is 2. The number of hydrogen-bond acceptors (Lipinski definition) is 6. The van der Waals surface area contributed by atoms with Gasteiger partial charge in [0.05, 0.1) is 25.1 Å². The van der Waals surface area contributed by atoms with E-state index in [1.54, 1.807) is 18.7 Å². The minimum Gasteiger partial charge on any atom is -0.481 e. The molecule has 0 radical (unpaired) electrons. The van der Waals surface area contributed by atoms with Gasteiger partial charge in [-0.15, -0.1) is 17.8 Å². The van der Waals surface area contributed by atoms with Crippen LogP contribution >= 0.6 is 11.3 Å². The SMILES string of the molecule is C#CCN(CCC(=O)O)c1sc(C(=O)OCC)c(C)c1C#N. The molecule has 0 saturated heterocycles. The molecule has 1 aromatic heterocycles. The van der Waals surface area contributed by atoms with E-state index in [0.717, 1.165) is 11.3 Å². The van der Waals surface area contributed by atoms with Gasteiger partial charge in [-0.05, 0) is 19.4 Å². The highest BCUT2D eigenvalue weighted by Crippen LogP contribution is 2.35. The topological polar surface area (TPSA) is 90.6 Å². The third-order valence-electron chi connectivity index (χ3n) is 2.87. The number of nitriles is 1. The second kappa shape index (κ2) is 8.06. The van der Waals surface area contributed by atoms with Crippen molar-refractivity contribution in [2.24, 2.45) is 0 Å². The number of hydrogen-bond donors (Lipinski definition) is 1. The molecule has 0 fully saturated rings. The van der Waals surface area contributed by atoms with Crippen LogP contribution in [0.15, 0.2) is 0 Å². The van der Waals surface area contributed by atoms with Crippen LogP contribution in [0.2, 0.25) is 0 Å². The van der Waals surface area contributed by atoms with Crippen LogP contribution in [0.25, 0.3) is 0 Å². The molecule has 22 heavy (non-hydrogen) atoms. The highest BCUT2D eigenvalue weighted by molar-refractivity contribution is 7.18. The van der Waals surface area contributed by atoms with Crippen LogP contribution in [0.4, 0.5) is 5.00 Å². The van der Waals surface area contributed by atoms with E-state index in [-0.39, 0.29) is 26.1 Å². The monoisotopic (exact) mass is 320 g/mol. The molecule has 1 aromatic rings. The van der Waals surface area contributed by atoms with E-state index in [4.69, 9.17) is 16.3 Å². The molecule has 0 atom stereocenters. The zero-order valence-electron chi connectivity index (χ0n) is 12.4. The summed E-state index contributed by atoms with van der Waals surface area (Å²) < 4.78 is 4.97. The zero-order valence-corrected chi connectivity index (χ0v) is 13.2. The van der Waals surface area contributed by atoms with E-state index in [2.05, 4.69) is 12.0 Å². The first-order valence-corrected chi connectivity index (χ1v) is 7.38. The summed E-state index contributed by atoms with van der Waals surface area (Å²) in [5.41, 5.74) is 0.854. The first-order chi connectivity index (χ1) is 10.5. The van der Waals surface area contributed by atoms with E-state index in [0.29, 0.717) is 21.0 Å². The first kappa shape index (κ1) is 17.5. The number of carbonyl (C=O) groups excluding carboxylic acids is 1. The number of esters is 1. The first-order valence-electron chi connectivity index (χ1n) is 6.57. The number of carboxylic acid groups (broad SMARTS) is 1. The van der Waals surface area contributed by atoms with Crippen molar-refractivity contribution >= 4 is 28.3 Å². The third kappa shape index (κ3) is 4.00. The Labute approximate surface area is 132 Å². The molecule has 116 valence electrons. The quantitative estimate of drug-likeness (QED) is 0.610. The molecule has 0 aromatic carbocycles. The average Bonchev–Trinajstić information content (AvgIpc) is 2.80. The van der Waals surface area contributed by atoms with Crippen molar-refractivity contribution in [3.8, 4) is 18.4 Å². The lowest BCUT2D eigenvalue weighted by atomic mass is 10.1. The van der Waals surface area contributed by atoms with Gasteiger partial charge in [-0.25, -0.2) is 4.79 Å². The van der Waals surface area contributed by atoms with Gasteiger partial charge in [0.1, 0.15) is 15.9 Å². The summed E-state index contributed by atoms with van der Waals surface area (Å²) in [5.74, 6) is 0.986. The average molecular weight is 320 g/mol. The van der Waals surface area contributed by atoms with E-state index in [9.17, 15) is 14.9 Å². The van der Waals surface area contributed by atoms with Crippen molar-refractivity contribution < 1.29 is 19.4 Å². The van der Waals surface area contributed by atoms with Crippen molar-refractivity contribution in [1.82, 2.24) is 0 Å². The third-order valence-corrected chi connectivity index (χ3v) is 4.20. The molecule has 0 bridgehead atoms. The van der Waals surface area contributed by atoms with Gasteiger partial charge in [-0.2, -0.15) is 5.26 Å². The summed E-state index contributed by atoms with van der Waals surface area (Å²) in [6, 6.07) is 2.05. The molecule has 0 amide bonds. The van der Waals surface area contributed by atoms with E-state index in [1.807, 2.05) is 0 Å². The van der Waals surface area contributed by atoms with Crippen LogP contribution in [0.5, 0.6) is 0 Å². The summed E-state index contributed by atoms with van der Waals surface area (Å²) in [6.45, 7) is 3.92. The molecular weight excluding hydrogens is 304 g/mol. The van der Waals surface area contributed by atoms with Crippen molar-refractivity contribution in [2.75, 3.05) is 24.6 Å². The molecule has 6 nitrogen and oxygen atoms in total. The Bertz CT molecular complexity index is 652. The van der Waals surface area contributed by atoms with Gasteiger partial charge in [0.2, 0.25) is 0 Å². The fourth-order valence-corrected chi connectivity index (χ4v) is 3.01. The Morgan fingerprint density at radius 2 is 2.18 bits per heavy atom. The van der Waals surface area contributed by atoms with Crippen LogP contribution < -0.4 is 4.90 Å². The molecule has 0 saturated carbocycles. The standard InChI is InChI=1S/C15H16N2O4S/c1-4-7-17(8-6-12(18)19)14-11(9-16)10(3)13(22-14)15(20)21-5-2/h1H,5-8H2,2-3H3,(H,18,19). The van der Waals surface area contributed by atoms with Gasteiger partial charge in [-0.1, -0.05) is 5.92 Å². The van der Waals surface area contributed by atoms with E-state index in [1.165, 1.54) is 0 Å². The normalized spacial score (nSPS) is 9.64. The minimum absolute atomic E-state index is 0.113. The molecule has 1 N–H and O–H groups in total. The summed E-state index contributed by atoms with van der Waals surface area (Å²) in [4.78, 5) is 24.6. The van der Waals surface area contributed by atoms with Crippen LogP contribution in [-0.4, -0.2) is 36.7 Å². The van der Waals surface area contributed by atoms with Crippen LogP contribution in [0.3, 0.4) is 0 Å². The predicted octanol–water partition coefficient (Wildman–Crippen LogP) is 2.02. The van der Waals surface area contributed by atoms with Crippen molar-refractivity contribution in [3.05, 3.63) is 16.0 Å². The summed E-state index contributed by atoms with van der Waals surface area (Å²) in [6.07, 6.45) is 5.20. The smallest absolute Gasteiger partial charge is 0.348 e. The van der Waals surface area contributed by atoms with Crippen LogP contribution in [0, 0.1) is 30.6 Å². The van der Waals surface area contributed by atoms with Crippen LogP contribution in [0.1, 0.15) is 34.1 Å². The Morgan fingerprint density at radius 3 is 2.68 bits per heavy atom. The Balaban J connectivity index is 3.23. The molecule has 0 aliphatic carbocycles. The number of carboxylic acids is 1. The van der Waals surface area contributed by atoms with Gasteiger partial charge >= 0.3 is 11.9 Å². The minimum atomic E-state index is -0.959. The molecule has 0 aliphatic heterocycles. The van der Waals surface area contributed by atoms with E-state index < -0.39 is 11.9 Å². The number of aliphatic carboxylic acids is 1. The zero-order chi connectivity index (χ0) is 16.7. The fourth-order valence-electron chi connectivity index (χ4n) is 1.84. The number of anilines is 1. The number of thiophene rings is 1. The fraction of sp³-hybridized carbons (Fsp3) is 0.400. The number of terminal acetylenes is 1. The maximum Gasteiger partial charge on any atom is 0.348 e. The van der Waals surface area contributed by atoms with Gasteiger partial charge < -0.3 is 14.7 Å². The molecule has 1 heterocycles. The molecular formula is C15H16N2O4S.